The molecule has 1 unspecified atom stereocenters. The number of ether oxygens (including phenoxy) is 1. The third-order valence-electron chi connectivity index (χ3n) is 3.09. The lowest BCUT2D eigenvalue weighted by Crippen LogP contribution is -2.34. The summed E-state index contributed by atoms with van der Waals surface area (Å²) in [4.78, 5) is 4.19. The van der Waals surface area contributed by atoms with Crippen molar-refractivity contribution in [2.45, 2.75) is 44.8 Å². The molecular weight excluding hydrogens is 222 g/mol. The van der Waals surface area contributed by atoms with Gasteiger partial charge in [0, 0.05) is 24.6 Å². The van der Waals surface area contributed by atoms with E-state index in [-0.39, 0.29) is 6.10 Å². The highest BCUT2D eigenvalue weighted by molar-refractivity contribution is 7.09. The van der Waals surface area contributed by atoms with E-state index in [1.165, 1.54) is 0 Å². The molecule has 1 aliphatic rings. The van der Waals surface area contributed by atoms with Crippen molar-refractivity contribution in [2.24, 2.45) is 5.92 Å². The number of hydrogen-bond donors (Lipinski definition) is 1. The van der Waals surface area contributed by atoms with E-state index in [0.29, 0.717) is 18.4 Å². The van der Waals surface area contributed by atoms with E-state index >= 15 is 0 Å². The number of aliphatic hydroxyl groups is 1. The highest BCUT2D eigenvalue weighted by atomic mass is 32.1. The largest absolute Gasteiger partial charge is 0.393 e. The van der Waals surface area contributed by atoms with Gasteiger partial charge in [-0.05, 0) is 32.1 Å². The van der Waals surface area contributed by atoms with Crippen LogP contribution in [0.2, 0.25) is 0 Å². The van der Waals surface area contributed by atoms with Crippen LogP contribution in [-0.2, 0) is 11.2 Å². The molecule has 0 amide bonds. The van der Waals surface area contributed by atoms with Crippen molar-refractivity contribution < 1.29 is 9.84 Å². The number of aromatic nitrogens is 1. The van der Waals surface area contributed by atoms with Gasteiger partial charge in [-0.2, -0.15) is 0 Å². The molecule has 2 rings (SSSR count). The maximum atomic E-state index is 9.90. The monoisotopic (exact) mass is 241 g/mol. The summed E-state index contributed by atoms with van der Waals surface area (Å²) in [5.74, 6) is 0.645. The zero-order chi connectivity index (χ0) is 11.4. The lowest BCUT2D eigenvalue weighted by Gasteiger charge is -2.35. The van der Waals surface area contributed by atoms with Gasteiger partial charge in [-0.25, -0.2) is 4.98 Å². The summed E-state index contributed by atoms with van der Waals surface area (Å²) in [6, 6.07) is 0. The van der Waals surface area contributed by atoms with Crippen molar-refractivity contribution in [2.75, 3.05) is 6.61 Å². The summed E-state index contributed by atoms with van der Waals surface area (Å²) >= 11 is 1.62. The molecule has 0 aromatic carbocycles. The van der Waals surface area contributed by atoms with E-state index in [2.05, 4.69) is 4.98 Å². The molecule has 1 atom stereocenters. The minimum atomic E-state index is -0.237. The second-order valence-corrected chi connectivity index (χ2v) is 5.41. The first-order chi connectivity index (χ1) is 7.78. The Labute approximate surface area is 100 Å². The first-order valence-electron chi connectivity index (χ1n) is 5.96. The van der Waals surface area contributed by atoms with Gasteiger partial charge in [-0.1, -0.05) is 0 Å². The van der Waals surface area contributed by atoms with Crippen LogP contribution < -0.4 is 0 Å². The van der Waals surface area contributed by atoms with Gasteiger partial charge >= 0.3 is 0 Å². The van der Waals surface area contributed by atoms with E-state index in [4.69, 9.17) is 4.74 Å². The highest BCUT2D eigenvalue weighted by Gasteiger charge is 2.31. The van der Waals surface area contributed by atoms with Crippen LogP contribution in [0, 0.1) is 5.92 Å². The Morgan fingerprint density at radius 2 is 2.44 bits per heavy atom. The van der Waals surface area contributed by atoms with E-state index in [1.54, 1.807) is 17.5 Å². The molecule has 1 aromatic rings. The molecule has 1 N–H and O–H groups in total. The van der Waals surface area contributed by atoms with Crippen molar-refractivity contribution in [1.29, 1.82) is 0 Å². The summed E-state index contributed by atoms with van der Waals surface area (Å²) in [5, 5.41) is 12.9. The van der Waals surface area contributed by atoms with E-state index < -0.39 is 0 Å². The third-order valence-corrected chi connectivity index (χ3v) is 3.90. The zero-order valence-electron chi connectivity index (χ0n) is 9.63. The Bertz CT molecular complexity index is 296. The maximum Gasteiger partial charge on any atom is 0.0950 e. The Morgan fingerprint density at radius 1 is 1.62 bits per heavy atom. The summed E-state index contributed by atoms with van der Waals surface area (Å²) in [5.41, 5.74) is 0. The number of hydrogen-bond acceptors (Lipinski definition) is 4. The average Bonchev–Trinajstić information content (AvgIpc) is 2.67. The van der Waals surface area contributed by atoms with Gasteiger partial charge < -0.3 is 9.84 Å². The summed E-state index contributed by atoms with van der Waals surface area (Å²) < 4.78 is 5.50. The van der Waals surface area contributed by atoms with Gasteiger partial charge in [0.05, 0.1) is 17.2 Å². The number of aliphatic hydroxyl groups excluding tert-OH is 1. The van der Waals surface area contributed by atoms with E-state index in [1.807, 2.05) is 12.3 Å². The average molecular weight is 241 g/mol. The molecule has 1 saturated carbocycles. The van der Waals surface area contributed by atoms with Crippen LogP contribution in [-0.4, -0.2) is 28.9 Å². The van der Waals surface area contributed by atoms with Gasteiger partial charge in [0.25, 0.3) is 0 Å². The fourth-order valence-electron chi connectivity index (χ4n) is 2.26. The molecule has 0 spiro atoms. The van der Waals surface area contributed by atoms with Crippen LogP contribution in [0.25, 0.3) is 0 Å². The highest BCUT2D eigenvalue weighted by Crippen LogP contribution is 2.34. The van der Waals surface area contributed by atoms with E-state index in [0.717, 1.165) is 30.9 Å². The van der Waals surface area contributed by atoms with Crippen molar-refractivity contribution in [3.8, 4) is 0 Å². The molecule has 0 bridgehead atoms. The Balaban J connectivity index is 1.64. The van der Waals surface area contributed by atoms with Crippen LogP contribution in [0.5, 0.6) is 0 Å². The van der Waals surface area contributed by atoms with Gasteiger partial charge in [-0.15, -0.1) is 11.3 Å². The SMILES string of the molecule is CCOC1CC(CC(O)Cc2nccs2)C1. The van der Waals surface area contributed by atoms with Crippen molar-refractivity contribution in [3.63, 3.8) is 0 Å². The molecule has 1 heterocycles. The fraction of sp³-hybridized carbons (Fsp3) is 0.750. The van der Waals surface area contributed by atoms with Gasteiger partial charge in [0.1, 0.15) is 0 Å². The second-order valence-electron chi connectivity index (χ2n) is 4.43. The minimum absolute atomic E-state index is 0.237. The maximum absolute atomic E-state index is 9.90. The molecule has 1 aromatic heterocycles. The molecule has 3 nitrogen and oxygen atoms in total. The van der Waals surface area contributed by atoms with Crippen molar-refractivity contribution >= 4 is 11.3 Å². The van der Waals surface area contributed by atoms with Crippen LogP contribution in [0.3, 0.4) is 0 Å². The van der Waals surface area contributed by atoms with Gasteiger partial charge in [0.15, 0.2) is 0 Å². The Morgan fingerprint density at radius 3 is 3.06 bits per heavy atom. The topological polar surface area (TPSA) is 42.4 Å². The van der Waals surface area contributed by atoms with Crippen molar-refractivity contribution in [3.05, 3.63) is 16.6 Å². The lowest BCUT2D eigenvalue weighted by molar-refractivity contribution is -0.0375. The molecule has 16 heavy (non-hydrogen) atoms. The normalized spacial score (nSPS) is 26.4. The van der Waals surface area contributed by atoms with Gasteiger partial charge in [-0.3, -0.25) is 0 Å². The third kappa shape index (κ3) is 3.27. The van der Waals surface area contributed by atoms with Gasteiger partial charge in [0.2, 0.25) is 0 Å². The summed E-state index contributed by atoms with van der Waals surface area (Å²) in [7, 11) is 0. The quantitative estimate of drug-likeness (QED) is 0.830. The Kier molecular flexibility index (Phi) is 4.32. The van der Waals surface area contributed by atoms with Crippen LogP contribution in [0.15, 0.2) is 11.6 Å². The van der Waals surface area contributed by atoms with Crippen LogP contribution in [0.4, 0.5) is 0 Å². The summed E-state index contributed by atoms with van der Waals surface area (Å²) in [6.45, 7) is 2.84. The van der Waals surface area contributed by atoms with E-state index in [9.17, 15) is 5.11 Å². The fourth-order valence-corrected chi connectivity index (χ4v) is 2.95. The molecule has 0 radical (unpaired) electrons. The predicted molar refractivity (Wildman–Crippen MR) is 64.6 cm³/mol. The second kappa shape index (κ2) is 5.75. The zero-order valence-corrected chi connectivity index (χ0v) is 10.4. The number of rotatable bonds is 6. The molecule has 1 fully saturated rings. The number of nitrogens with zero attached hydrogens (tertiary/aromatic N) is 1. The minimum Gasteiger partial charge on any atom is -0.393 e. The van der Waals surface area contributed by atoms with Crippen molar-refractivity contribution in [1.82, 2.24) is 4.98 Å². The molecular formula is C12H19NO2S. The molecule has 1 aliphatic carbocycles. The van der Waals surface area contributed by atoms with Crippen LogP contribution >= 0.6 is 11.3 Å². The summed E-state index contributed by atoms with van der Waals surface area (Å²) in [6.07, 6.45) is 5.82. The molecule has 0 aliphatic heterocycles. The molecule has 90 valence electrons. The first kappa shape index (κ1) is 12.0. The Hall–Kier alpha value is -0.450. The molecule has 0 saturated heterocycles. The standard InChI is InChI=1S/C12H19NO2S/c1-2-15-11-6-9(7-11)5-10(14)8-12-13-3-4-16-12/h3-4,9-11,14H,2,5-8H2,1H3. The predicted octanol–water partition coefficient (Wildman–Crippen LogP) is 2.25. The number of thiazole rings is 1. The lowest BCUT2D eigenvalue weighted by atomic mass is 9.78. The van der Waals surface area contributed by atoms with Crippen LogP contribution in [0.1, 0.15) is 31.2 Å². The smallest absolute Gasteiger partial charge is 0.0950 e. The first-order valence-corrected chi connectivity index (χ1v) is 6.84. The molecule has 4 heteroatoms.